The van der Waals surface area contributed by atoms with E-state index >= 15 is 0 Å². The molecule has 1 N–H and O–H groups in total. The Hall–Kier alpha value is -4.69. The smallest absolute Gasteiger partial charge is 0.269 e. The fraction of sp³-hybridized carbons (Fsp3) is 0.0667. The van der Waals surface area contributed by atoms with E-state index in [1.54, 1.807) is 48.8 Å². The van der Waals surface area contributed by atoms with Gasteiger partial charge in [-0.15, -0.1) is 0 Å². The average molecular weight is 522 g/mol. The fourth-order valence-electron chi connectivity index (χ4n) is 4.68. The number of carbonyl (C=O) groups excluding carboxylic acids is 1. The second-order valence-electron chi connectivity index (χ2n) is 9.11. The molecule has 0 aliphatic carbocycles. The lowest BCUT2D eigenvalue weighted by molar-refractivity contribution is 0.112. The van der Waals surface area contributed by atoms with Crippen molar-refractivity contribution in [2.24, 2.45) is 0 Å². The molecule has 3 aromatic heterocycles. The van der Waals surface area contributed by atoms with Gasteiger partial charge in [0.1, 0.15) is 5.75 Å². The molecule has 188 valence electrons. The first-order valence-corrected chi connectivity index (χ1v) is 13.4. The van der Waals surface area contributed by atoms with E-state index in [4.69, 9.17) is 4.74 Å². The van der Waals surface area contributed by atoms with E-state index in [1.807, 2.05) is 49.5 Å². The maximum Gasteiger partial charge on any atom is 0.269 e. The molecule has 0 saturated carbocycles. The highest BCUT2D eigenvalue weighted by Crippen LogP contribution is 2.36. The summed E-state index contributed by atoms with van der Waals surface area (Å²) >= 11 is 0. The fourth-order valence-corrected chi connectivity index (χ4v) is 6.01. The number of hydrogen-bond acceptors (Lipinski definition) is 5. The van der Waals surface area contributed by atoms with Gasteiger partial charge in [-0.1, -0.05) is 29.8 Å². The third-order valence-electron chi connectivity index (χ3n) is 6.75. The molecular formula is C30H23N3O4S. The van der Waals surface area contributed by atoms with Crippen LogP contribution in [0, 0.1) is 6.92 Å². The van der Waals surface area contributed by atoms with E-state index in [2.05, 4.69) is 9.97 Å². The van der Waals surface area contributed by atoms with Gasteiger partial charge in [-0.2, -0.15) is 0 Å². The molecule has 0 fully saturated rings. The molecule has 0 aliphatic heterocycles. The van der Waals surface area contributed by atoms with Crippen molar-refractivity contribution in [3.8, 4) is 28.0 Å². The number of nitrogens with zero attached hydrogens (tertiary/aromatic N) is 2. The Balaban J connectivity index is 1.60. The van der Waals surface area contributed by atoms with Gasteiger partial charge in [0, 0.05) is 40.6 Å². The molecule has 0 atom stereocenters. The number of methoxy groups -OCH3 is 1. The van der Waals surface area contributed by atoms with Crippen molar-refractivity contribution < 1.29 is 17.9 Å². The van der Waals surface area contributed by atoms with Crippen LogP contribution in [0.25, 0.3) is 44.2 Å². The number of fused-ring (bicyclic) bond motifs is 2. The molecule has 3 aromatic carbocycles. The Kier molecular flexibility index (Phi) is 5.61. The van der Waals surface area contributed by atoms with E-state index in [0.29, 0.717) is 22.3 Å². The Morgan fingerprint density at radius 2 is 1.71 bits per heavy atom. The molecule has 0 unspecified atom stereocenters. The Morgan fingerprint density at radius 1 is 0.921 bits per heavy atom. The molecule has 0 amide bonds. The lowest BCUT2D eigenvalue weighted by atomic mass is 10.0. The van der Waals surface area contributed by atoms with Gasteiger partial charge in [-0.25, -0.2) is 17.4 Å². The topological polar surface area (TPSA) is 94.0 Å². The largest absolute Gasteiger partial charge is 0.496 e. The molecule has 0 bridgehead atoms. The second-order valence-corrected chi connectivity index (χ2v) is 10.9. The predicted octanol–water partition coefficient (Wildman–Crippen LogP) is 6.22. The van der Waals surface area contributed by atoms with Crippen LogP contribution in [0.1, 0.15) is 15.9 Å². The number of aromatic nitrogens is 3. The van der Waals surface area contributed by atoms with Crippen LogP contribution in [-0.2, 0) is 10.0 Å². The Labute approximate surface area is 219 Å². The molecule has 0 saturated heterocycles. The molecule has 6 aromatic rings. The van der Waals surface area contributed by atoms with Gasteiger partial charge in [0.05, 0.1) is 17.6 Å². The van der Waals surface area contributed by atoms with Crippen LogP contribution in [0.2, 0.25) is 0 Å². The first kappa shape index (κ1) is 23.7. The van der Waals surface area contributed by atoms with Crippen molar-refractivity contribution in [3.63, 3.8) is 0 Å². The van der Waals surface area contributed by atoms with Gasteiger partial charge >= 0.3 is 0 Å². The summed E-state index contributed by atoms with van der Waals surface area (Å²) in [6, 6.07) is 21.9. The summed E-state index contributed by atoms with van der Waals surface area (Å²) in [6.07, 6.45) is 5.89. The predicted molar refractivity (Wildman–Crippen MR) is 148 cm³/mol. The molecule has 38 heavy (non-hydrogen) atoms. The van der Waals surface area contributed by atoms with Gasteiger partial charge in [-0.05, 0) is 72.0 Å². The SMILES string of the molecule is COc1cc(-c2cnc3c(c2)c(-c2ccc4[nH]ccc4c2)cn3S(=O)(=O)c2ccc(C)cc2)ccc1C=O. The number of rotatable bonds is 6. The minimum atomic E-state index is -3.91. The van der Waals surface area contributed by atoms with Crippen LogP contribution < -0.4 is 4.74 Å². The quantitative estimate of drug-likeness (QED) is 0.263. The van der Waals surface area contributed by atoms with Crippen molar-refractivity contribution in [1.29, 1.82) is 0 Å². The number of aldehydes is 1. The van der Waals surface area contributed by atoms with E-state index < -0.39 is 10.0 Å². The maximum absolute atomic E-state index is 13.8. The molecule has 3 heterocycles. The zero-order chi connectivity index (χ0) is 26.4. The van der Waals surface area contributed by atoms with Crippen LogP contribution in [0.3, 0.4) is 0 Å². The number of pyridine rings is 1. The molecule has 8 heteroatoms. The van der Waals surface area contributed by atoms with Crippen LogP contribution in [-0.4, -0.2) is 35.8 Å². The summed E-state index contributed by atoms with van der Waals surface area (Å²) < 4.78 is 34.1. The zero-order valence-electron chi connectivity index (χ0n) is 20.7. The van der Waals surface area contributed by atoms with E-state index in [1.165, 1.54) is 11.1 Å². The summed E-state index contributed by atoms with van der Waals surface area (Å²) in [5.41, 5.74) is 5.91. The van der Waals surface area contributed by atoms with Gasteiger partial charge < -0.3 is 9.72 Å². The van der Waals surface area contributed by atoms with Crippen molar-refractivity contribution in [2.45, 2.75) is 11.8 Å². The van der Waals surface area contributed by atoms with E-state index in [0.717, 1.165) is 45.0 Å². The summed E-state index contributed by atoms with van der Waals surface area (Å²) in [6.45, 7) is 1.91. The third kappa shape index (κ3) is 3.86. The number of aryl methyl sites for hydroxylation is 1. The normalized spacial score (nSPS) is 11.7. The number of ether oxygens (including phenoxy) is 1. The van der Waals surface area contributed by atoms with Crippen LogP contribution in [0.15, 0.2) is 96.3 Å². The molecular weight excluding hydrogens is 498 g/mol. The van der Waals surface area contributed by atoms with Crippen LogP contribution in [0.4, 0.5) is 0 Å². The summed E-state index contributed by atoms with van der Waals surface area (Å²) in [4.78, 5) is 19.4. The minimum absolute atomic E-state index is 0.188. The van der Waals surface area contributed by atoms with Crippen molar-refractivity contribution in [1.82, 2.24) is 13.9 Å². The van der Waals surface area contributed by atoms with Crippen LogP contribution in [0.5, 0.6) is 5.75 Å². The lowest BCUT2D eigenvalue weighted by Gasteiger charge is -2.09. The van der Waals surface area contributed by atoms with Crippen molar-refractivity contribution >= 4 is 38.2 Å². The summed E-state index contributed by atoms with van der Waals surface area (Å²) in [5, 5.41) is 1.70. The summed E-state index contributed by atoms with van der Waals surface area (Å²) in [5.74, 6) is 0.454. The monoisotopic (exact) mass is 521 g/mol. The van der Waals surface area contributed by atoms with Gasteiger partial charge in [0.15, 0.2) is 11.9 Å². The number of hydrogen-bond donors (Lipinski definition) is 1. The zero-order valence-corrected chi connectivity index (χ0v) is 21.5. The van der Waals surface area contributed by atoms with Crippen LogP contribution >= 0.6 is 0 Å². The van der Waals surface area contributed by atoms with Gasteiger partial charge in [-0.3, -0.25) is 4.79 Å². The Bertz CT molecular complexity index is 1950. The Morgan fingerprint density at radius 3 is 2.47 bits per heavy atom. The lowest BCUT2D eigenvalue weighted by Crippen LogP contribution is -2.12. The molecule has 0 spiro atoms. The average Bonchev–Trinajstić information content (AvgIpc) is 3.57. The molecule has 7 nitrogen and oxygen atoms in total. The molecule has 0 aliphatic rings. The van der Waals surface area contributed by atoms with E-state index in [9.17, 15) is 13.2 Å². The third-order valence-corrected chi connectivity index (χ3v) is 8.41. The van der Waals surface area contributed by atoms with Gasteiger partial charge in [0.2, 0.25) is 0 Å². The molecule has 6 rings (SSSR count). The summed E-state index contributed by atoms with van der Waals surface area (Å²) in [7, 11) is -2.40. The van der Waals surface area contributed by atoms with Crippen molar-refractivity contribution in [2.75, 3.05) is 7.11 Å². The highest BCUT2D eigenvalue weighted by Gasteiger charge is 2.23. The van der Waals surface area contributed by atoms with Crippen molar-refractivity contribution in [3.05, 3.63) is 103 Å². The maximum atomic E-state index is 13.8. The second kappa shape index (κ2) is 9.00. The minimum Gasteiger partial charge on any atom is -0.496 e. The highest BCUT2D eigenvalue weighted by molar-refractivity contribution is 7.90. The first-order valence-electron chi connectivity index (χ1n) is 11.9. The molecule has 0 radical (unpaired) electrons. The first-order chi connectivity index (χ1) is 18.4. The number of benzene rings is 3. The highest BCUT2D eigenvalue weighted by atomic mass is 32.2. The number of H-pyrrole nitrogens is 1. The number of carbonyl (C=O) groups is 1. The number of aromatic amines is 1. The van der Waals surface area contributed by atoms with Gasteiger partial charge in [0.25, 0.3) is 10.0 Å². The van der Waals surface area contributed by atoms with E-state index in [-0.39, 0.29) is 4.90 Å². The standard InChI is InChI=1S/C30H23N3O4S/c1-19-3-8-25(9-4-19)38(35,36)33-17-27(21-7-10-28-22(13-21)11-12-31-28)26-14-24(16-32-30(26)33)20-5-6-23(18-34)29(15-20)37-2/h3-18,31H,1-2H3. The number of nitrogens with one attached hydrogen (secondary N) is 1.